The summed E-state index contributed by atoms with van der Waals surface area (Å²) in [6, 6.07) is 2.01. The first-order valence-corrected chi connectivity index (χ1v) is 11.7. The van der Waals surface area contributed by atoms with E-state index in [1.807, 2.05) is 13.8 Å². The van der Waals surface area contributed by atoms with E-state index in [2.05, 4.69) is 25.6 Å². The molecule has 32 heavy (non-hydrogen) atoms. The van der Waals surface area contributed by atoms with Crippen LogP contribution in [0.4, 0.5) is 11.6 Å². The Kier molecular flexibility index (Phi) is 5.42. The molecule has 0 spiro atoms. The first kappa shape index (κ1) is 21.3. The number of ether oxygens (including phenoxy) is 1. The monoisotopic (exact) mass is 473 g/mol. The molecule has 2 aliphatic rings. The molecule has 0 radical (unpaired) electrons. The van der Waals surface area contributed by atoms with E-state index in [9.17, 15) is 4.79 Å². The predicted molar refractivity (Wildman–Crippen MR) is 126 cm³/mol. The van der Waals surface area contributed by atoms with Crippen LogP contribution in [0.1, 0.15) is 61.9 Å². The summed E-state index contributed by atoms with van der Waals surface area (Å²) in [5.41, 5.74) is 3.11. The molecule has 1 aliphatic carbocycles. The van der Waals surface area contributed by atoms with Crippen molar-refractivity contribution in [3.8, 4) is 5.75 Å². The van der Waals surface area contributed by atoms with Crippen molar-refractivity contribution in [3.05, 3.63) is 39.6 Å². The normalized spacial score (nSPS) is 17.8. The Labute approximate surface area is 196 Å². The lowest BCUT2D eigenvalue weighted by Gasteiger charge is -2.23. The molecule has 1 fully saturated rings. The van der Waals surface area contributed by atoms with Crippen molar-refractivity contribution in [1.82, 2.24) is 20.3 Å². The van der Waals surface area contributed by atoms with Crippen molar-refractivity contribution in [3.63, 3.8) is 0 Å². The van der Waals surface area contributed by atoms with Crippen LogP contribution >= 0.6 is 23.2 Å². The summed E-state index contributed by atoms with van der Waals surface area (Å²) in [6.45, 7) is 4.04. The highest BCUT2D eigenvalue weighted by Gasteiger charge is 2.36. The highest BCUT2D eigenvalue weighted by Crippen LogP contribution is 2.42. The second-order valence-electron chi connectivity index (χ2n) is 9.16. The van der Waals surface area contributed by atoms with Crippen LogP contribution in [0, 0.1) is 0 Å². The number of carbonyl (C=O) groups is 1. The van der Waals surface area contributed by atoms with Crippen molar-refractivity contribution in [2.75, 3.05) is 5.32 Å². The number of amides is 1. The first-order chi connectivity index (χ1) is 15.3. The number of H-pyrrole nitrogens is 1. The van der Waals surface area contributed by atoms with Gasteiger partial charge in [-0.25, -0.2) is 4.98 Å². The Morgan fingerprint density at radius 3 is 2.62 bits per heavy atom. The predicted octanol–water partition coefficient (Wildman–Crippen LogP) is 5.78. The topological polar surface area (TPSA) is 91.9 Å². The molecule has 5 rings (SSSR count). The van der Waals surface area contributed by atoms with Crippen molar-refractivity contribution in [2.24, 2.45) is 0 Å². The number of aromatic amines is 1. The summed E-state index contributed by atoms with van der Waals surface area (Å²) < 4.78 is 6.23. The summed E-state index contributed by atoms with van der Waals surface area (Å²) in [5, 5.41) is 7.13. The molecular formula is C23H25Cl2N5O2. The average molecular weight is 474 g/mol. The molecule has 0 unspecified atom stereocenters. The molecule has 1 aromatic carbocycles. The second kappa shape index (κ2) is 8.12. The van der Waals surface area contributed by atoms with Crippen LogP contribution in [0.3, 0.4) is 0 Å². The van der Waals surface area contributed by atoms with Gasteiger partial charge in [-0.3, -0.25) is 9.78 Å². The van der Waals surface area contributed by atoms with Crippen molar-refractivity contribution < 1.29 is 9.53 Å². The number of pyridine rings is 1. The van der Waals surface area contributed by atoms with E-state index >= 15 is 0 Å². The lowest BCUT2D eigenvalue weighted by molar-refractivity contribution is 0.0914. The van der Waals surface area contributed by atoms with Gasteiger partial charge in [-0.1, -0.05) is 42.5 Å². The number of hydrogen-bond donors (Lipinski definition) is 3. The van der Waals surface area contributed by atoms with E-state index in [0.29, 0.717) is 44.9 Å². The van der Waals surface area contributed by atoms with Gasteiger partial charge in [-0.05, 0) is 32.8 Å². The zero-order valence-electron chi connectivity index (χ0n) is 18.0. The number of imidazole rings is 1. The standard InChI is InChI=1S/C23H25Cl2N5O2/c1-23(2)9-14-18-17(28-22(29-18)30-19-15(24)10-26-11-16(19)25)8-13(20(14)32-23)21(31)27-12-6-4-3-5-7-12/h8,10-12H,3-7,9H2,1-2H3,(H,27,31)(H2,26,28,29,30). The molecule has 3 heterocycles. The SMILES string of the molecule is CC1(C)Cc2c(c(C(=O)NC3CCCCC3)cc3nc(Nc4c(Cl)cncc4Cl)[nH]c23)O1. The number of halogens is 2. The molecule has 0 saturated heterocycles. The van der Waals surface area contributed by atoms with E-state index in [0.717, 1.165) is 36.8 Å². The number of aromatic nitrogens is 3. The Morgan fingerprint density at radius 2 is 1.91 bits per heavy atom. The molecule has 9 heteroatoms. The maximum absolute atomic E-state index is 13.2. The van der Waals surface area contributed by atoms with Gasteiger partial charge in [0.1, 0.15) is 11.4 Å². The molecule has 2 aromatic heterocycles. The van der Waals surface area contributed by atoms with Gasteiger partial charge in [0.2, 0.25) is 5.95 Å². The van der Waals surface area contributed by atoms with E-state index in [1.165, 1.54) is 18.8 Å². The van der Waals surface area contributed by atoms with Gasteiger partial charge in [0.05, 0.1) is 32.3 Å². The molecular weight excluding hydrogens is 449 g/mol. The first-order valence-electron chi connectivity index (χ1n) is 10.9. The minimum absolute atomic E-state index is 0.106. The molecule has 0 bridgehead atoms. The third-order valence-corrected chi connectivity index (χ3v) is 6.67. The van der Waals surface area contributed by atoms with Gasteiger partial charge in [-0.15, -0.1) is 0 Å². The Balaban J connectivity index is 1.53. The van der Waals surface area contributed by atoms with Crippen LogP contribution in [-0.4, -0.2) is 32.5 Å². The third-order valence-electron chi connectivity index (χ3n) is 6.10. The number of nitrogens with one attached hydrogen (secondary N) is 3. The van der Waals surface area contributed by atoms with Gasteiger partial charge in [0, 0.05) is 30.4 Å². The van der Waals surface area contributed by atoms with E-state index in [1.54, 1.807) is 6.07 Å². The summed E-state index contributed by atoms with van der Waals surface area (Å²) in [6.07, 6.45) is 9.28. The van der Waals surface area contributed by atoms with Crippen LogP contribution in [-0.2, 0) is 6.42 Å². The highest BCUT2D eigenvalue weighted by atomic mass is 35.5. The number of benzene rings is 1. The molecule has 168 valence electrons. The number of hydrogen-bond acceptors (Lipinski definition) is 5. The number of carbonyl (C=O) groups excluding carboxylic acids is 1. The molecule has 1 aliphatic heterocycles. The maximum Gasteiger partial charge on any atom is 0.255 e. The summed E-state index contributed by atoms with van der Waals surface area (Å²) in [4.78, 5) is 25.2. The average Bonchev–Trinajstić information content (AvgIpc) is 3.30. The fourth-order valence-electron chi connectivity index (χ4n) is 4.61. The number of nitrogens with zero attached hydrogens (tertiary/aromatic N) is 2. The van der Waals surface area contributed by atoms with Crippen LogP contribution in [0.5, 0.6) is 5.75 Å². The van der Waals surface area contributed by atoms with Crippen LogP contribution < -0.4 is 15.4 Å². The molecule has 3 N–H and O–H groups in total. The summed E-state index contributed by atoms with van der Waals surface area (Å²) in [5.74, 6) is 1.00. The van der Waals surface area contributed by atoms with E-state index in [-0.39, 0.29) is 11.9 Å². The van der Waals surface area contributed by atoms with Crippen molar-refractivity contribution in [2.45, 2.75) is 64.0 Å². The fraction of sp³-hybridized carbons (Fsp3) is 0.435. The number of anilines is 2. The van der Waals surface area contributed by atoms with E-state index < -0.39 is 5.60 Å². The molecule has 7 nitrogen and oxygen atoms in total. The fourth-order valence-corrected chi connectivity index (χ4v) is 5.07. The molecule has 3 aromatic rings. The maximum atomic E-state index is 13.2. The lowest BCUT2D eigenvalue weighted by Crippen LogP contribution is -2.36. The van der Waals surface area contributed by atoms with E-state index in [4.69, 9.17) is 27.9 Å². The quantitative estimate of drug-likeness (QED) is 0.446. The lowest BCUT2D eigenvalue weighted by atomic mass is 9.95. The number of rotatable bonds is 4. The number of fused-ring (bicyclic) bond motifs is 3. The summed E-state index contributed by atoms with van der Waals surface area (Å²) >= 11 is 12.5. The summed E-state index contributed by atoms with van der Waals surface area (Å²) in [7, 11) is 0. The molecule has 0 atom stereocenters. The van der Waals surface area contributed by atoms with Gasteiger partial charge < -0.3 is 20.4 Å². The zero-order chi connectivity index (χ0) is 22.5. The van der Waals surface area contributed by atoms with Crippen molar-refractivity contribution >= 4 is 51.8 Å². The van der Waals surface area contributed by atoms with Crippen LogP contribution in [0.2, 0.25) is 10.0 Å². The smallest absolute Gasteiger partial charge is 0.255 e. The van der Waals surface area contributed by atoms with Gasteiger partial charge >= 0.3 is 0 Å². The van der Waals surface area contributed by atoms with Gasteiger partial charge in [0.25, 0.3) is 5.91 Å². The highest BCUT2D eigenvalue weighted by molar-refractivity contribution is 6.39. The minimum Gasteiger partial charge on any atom is -0.486 e. The van der Waals surface area contributed by atoms with Crippen molar-refractivity contribution in [1.29, 1.82) is 0 Å². The third kappa shape index (κ3) is 3.99. The van der Waals surface area contributed by atoms with Crippen LogP contribution in [0.15, 0.2) is 18.5 Å². The Bertz CT molecular complexity index is 1180. The second-order valence-corrected chi connectivity index (χ2v) is 9.98. The van der Waals surface area contributed by atoms with Crippen LogP contribution in [0.25, 0.3) is 11.0 Å². The largest absolute Gasteiger partial charge is 0.486 e. The van der Waals surface area contributed by atoms with Gasteiger partial charge in [-0.2, -0.15) is 0 Å². The van der Waals surface area contributed by atoms with Gasteiger partial charge in [0.15, 0.2) is 0 Å². The molecule has 1 amide bonds. The Hall–Kier alpha value is -2.51. The Morgan fingerprint density at radius 1 is 1.19 bits per heavy atom. The zero-order valence-corrected chi connectivity index (χ0v) is 19.5. The minimum atomic E-state index is -0.410. The molecule has 1 saturated carbocycles.